The Hall–Kier alpha value is -0.940. The molecule has 1 heterocycles. The lowest BCUT2D eigenvalue weighted by Gasteiger charge is -2.28. The predicted molar refractivity (Wildman–Crippen MR) is 73.3 cm³/mol. The van der Waals surface area contributed by atoms with E-state index in [1.54, 1.807) is 11.3 Å². The number of carbonyl (C=O) groups excluding carboxylic acids is 1. The number of carbonyl (C=O) groups is 1. The van der Waals surface area contributed by atoms with Crippen molar-refractivity contribution in [2.24, 2.45) is 5.73 Å². The van der Waals surface area contributed by atoms with E-state index in [2.05, 4.69) is 10.3 Å². The maximum atomic E-state index is 12.0. The molecule has 1 saturated carbocycles. The molecule has 1 atom stereocenters. The van der Waals surface area contributed by atoms with Gasteiger partial charge >= 0.3 is 0 Å². The van der Waals surface area contributed by atoms with Crippen molar-refractivity contribution in [2.45, 2.75) is 57.0 Å². The second kappa shape index (κ2) is 5.80. The Morgan fingerprint density at radius 1 is 1.61 bits per heavy atom. The number of hydrogen-bond donors (Lipinski definition) is 2. The van der Waals surface area contributed by atoms with Gasteiger partial charge in [0.05, 0.1) is 5.54 Å². The molecule has 0 bridgehead atoms. The molecule has 18 heavy (non-hydrogen) atoms. The highest BCUT2D eigenvalue weighted by Gasteiger charge is 2.39. The second-order valence-corrected chi connectivity index (χ2v) is 6.09. The van der Waals surface area contributed by atoms with E-state index < -0.39 is 0 Å². The molecule has 1 aromatic rings. The maximum Gasteiger partial charge on any atom is 0.220 e. The molecule has 2 rings (SSSR count). The van der Waals surface area contributed by atoms with Gasteiger partial charge in [0.1, 0.15) is 5.01 Å². The third-order valence-corrected chi connectivity index (χ3v) is 4.48. The number of nitrogens with two attached hydrogens (primary N) is 1. The highest BCUT2D eigenvalue weighted by Crippen LogP contribution is 2.39. The zero-order valence-electron chi connectivity index (χ0n) is 10.8. The van der Waals surface area contributed by atoms with Crippen LogP contribution in [0.15, 0.2) is 11.6 Å². The van der Waals surface area contributed by atoms with Gasteiger partial charge < -0.3 is 11.1 Å². The van der Waals surface area contributed by atoms with Crippen molar-refractivity contribution in [3.05, 3.63) is 16.6 Å². The van der Waals surface area contributed by atoms with E-state index in [0.29, 0.717) is 6.42 Å². The van der Waals surface area contributed by atoms with Crippen LogP contribution in [0, 0.1) is 0 Å². The van der Waals surface area contributed by atoms with Crippen molar-refractivity contribution in [1.82, 2.24) is 10.3 Å². The molecule has 1 amide bonds. The first kappa shape index (κ1) is 13.5. The summed E-state index contributed by atoms with van der Waals surface area (Å²) in [6.45, 7) is 1.93. The van der Waals surface area contributed by atoms with Crippen molar-refractivity contribution in [3.63, 3.8) is 0 Å². The molecule has 1 aromatic heterocycles. The summed E-state index contributed by atoms with van der Waals surface area (Å²) in [5.74, 6) is 0.101. The molecular weight excluding hydrogens is 246 g/mol. The van der Waals surface area contributed by atoms with Crippen LogP contribution in [0.1, 0.15) is 50.5 Å². The van der Waals surface area contributed by atoms with E-state index in [1.807, 2.05) is 18.5 Å². The molecule has 0 spiro atoms. The molecule has 0 aromatic carbocycles. The van der Waals surface area contributed by atoms with Crippen LogP contribution in [0.4, 0.5) is 0 Å². The normalized spacial score (nSPS) is 19.7. The first-order valence-electron chi connectivity index (χ1n) is 6.59. The number of thiazole rings is 1. The lowest BCUT2D eigenvalue weighted by atomic mass is 9.98. The standard InChI is InChI=1S/C13H21N3OS/c1-10(14)4-5-11(17)16-13(6-2-3-7-13)12-15-8-9-18-12/h8-10H,2-7,14H2,1H3,(H,16,17). The van der Waals surface area contributed by atoms with E-state index in [9.17, 15) is 4.79 Å². The number of aromatic nitrogens is 1. The fourth-order valence-electron chi connectivity index (χ4n) is 2.52. The molecule has 1 unspecified atom stereocenters. The number of hydrogen-bond acceptors (Lipinski definition) is 4. The third-order valence-electron chi connectivity index (χ3n) is 3.50. The fraction of sp³-hybridized carbons (Fsp3) is 0.692. The van der Waals surface area contributed by atoms with Crippen LogP contribution >= 0.6 is 11.3 Å². The summed E-state index contributed by atoms with van der Waals surface area (Å²) >= 11 is 1.63. The molecule has 1 aliphatic carbocycles. The van der Waals surface area contributed by atoms with Gasteiger partial charge in [0, 0.05) is 24.0 Å². The molecule has 1 aliphatic rings. The van der Waals surface area contributed by atoms with Gasteiger partial charge in [-0.15, -0.1) is 11.3 Å². The van der Waals surface area contributed by atoms with Crippen LogP contribution in [0.3, 0.4) is 0 Å². The zero-order chi connectivity index (χ0) is 13.0. The number of nitrogens with zero attached hydrogens (tertiary/aromatic N) is 1. The Morgan fingerprint density at radius 3 is 2.89 bits per heavy atom. The number of nitrogens with one attached hydrogen (secondary N) is 1. The van der Waals surface area contributed by atoms with Gasteiger partial charge in [0.25, 0.3) is 0 Å². The molecule has 0 aliphatic heterocycles. The molecule has 4 nitrogen and oxygen atoms in total. The highest BCUT2D eigenvalue weighted by atomic mass is 32.1. The lowest BCUT2D eigenvalue weighted by Crippen LogP contribution is -2.44. The van der Waals surface area contributed by atoms with Gasteiger partial charge in [-0.2, -0.15) is 0 Å². The Morgan fingerprint density at radius 2 is 2.33 bits per heavy atom. The molecule has 3 N–H and O–H groups in total. The average molecular weight is 267 g/mol. The van der Waals surface area contributed by atoms with Crippen LogP contribution in [-0.2, 0) is 10.3 Å². The van der Waals surface area contributed by atoms with Crippen molar-refractivity contribution in [3.8, 4) is 0 Å². The second-order valence-electron chi connectivity index (χ2n) is 5.19. The third kappa shape index (κ3) is 3.09. The van der Waals surface area contributed by atoms with Gasteiger partial charge in [-0.05, 0) is 26.2 Å². The summed E-state index contributed by atoms with van der Waals surface area (Å²) in [5, 5.41) is 6.23. The predicted octanol–water partition coefficient (Wildman–Crippen LogP) is 2.16. The first-order valence-corrected chi connectivity index (χ1v) is 7.47. The van der Waals surface area contributed by atoms with E-state index in [-0.39, 0.29) is 17.5 Å². The Balaban J connectivity index is 2.01. The summed E-state index contributed by atoms with van der Waals surface area (Å²) < 4.78 is 0. The first-order chi connectivity index (χ1) is 8.62. The van der Waals surface area contributed by atoms with Gasteiger partial charge in [-0.3, -0.25) is 4.79 Å². The average Bonchev–Trinajstić information content (AvgIpc) is 2.97. The van der Waals surface area contributed by atoms with E-state index in [1.165, 1.54) is 0 Å². The monoisotopic (exact) mass is 267 g/mol. The molecule has 5 heteroatoms. The van der Waals surface area contributed by atoms with Crippen molar-refractivity contribution in [2.75, 3.05) is 0 Å². The summed E-state index contributed by atoms with van der Waals surface area (Å²) in [7, 11) is 0. The number of rotatable bonds is 5. The molecule has 1 fully saturated rings. The Bertz CT molecular complexity index is 383. The molecule has 0 radical (unpaired) electrons. The minimum absolute atomic E-state index is 0.0788. The SMILES string of the molecule is CC(N)CCC(=O)NC1(c2nccs2)CCCC1. The van der Waals surface area contributed by atoms with Crippen LogP contribution in [0.5, 0.6) is 0 Å². The zero-order valence-corrected chi connectivity index (χ0v) is 11.6. The fourth-order valence-corrected chi connectivity index (χ4v) is 3.37. The summed E-state index contributed by atoms with van der Waals surface area (Å²) in [6, 6.07) is 0.0788. The number of amides is 1. The minimum atomic E-state index is -0.205. The molecule has 100 valence electrons. The quantitative estimate of drug-likeness (QED) is 0.859. The smallest absolute Gasteiger partial charge is 0.220 e. The van der Waals surface area contributed by atoms with Gasteiger partial charge in [-0.1, -0.05) is 12.8 Å². The maximum absolute atomic E-state index is 12.0. The summed E-state index contributed by atoms with van der Waals surface area (Å²) in [5.41, 5.74) is 5.48. The Labute approximate surface area is 112 Å². The van der Waals surface area contributed by atoms with Crippen molar-refractivity contribution in [1.29, 1.82) is 0 Å². The largest absolute Gasteiger partial charge is 0.344 e. The van der Waals surface area contributed by atoms with Crippen LogP contribution in [0.2, 0.25) is 0 Å². The van der Waals surface area contributed by atoms with Gasteiger partial charge in [0.15, 0.2) is 0 Å². The molecular formula is C13H21N3OS. The van der Waals surface area contributed by atoms with Crippen LogP contribution < -0.4 is 11.1 Å². The van der Waals surface area contributed by atoms with Crippen molar-refractivity contribution < 1.29 is 4.79 Å². The Kier molecular flexibility index (Phi) is 4.35. The van der Waals surface area contributed by atoms with Crippen molar-refractivity contribution >= 4 is 17.2 Å². The van der Waals surface area contributed by atoms with Crippen LogP contribution in [0.25, 0.3) is 0 Å². The van der Waals surface area contributed by atoms with E-state index >= 15 is 0 Å². The van der Waals surface area contributed by atoms with E-state index in [4.69, 9.17) is 5.73 Å². The topological polar surface area (TPSA) is 68.0 Å². The van der Waals surface area contributed by atoms with Crippen LogP contribution in [-0.4, -0.2) is 16.9 Å². The van der Waals surface area contributed by atoms with Gasteiger partial charge in [0.2, 0.25) is 5.91 Å². The lowest BCUT2D eigenvalue weighted by molar-refractivity contribution is -0.123. The minimum Gasteiger partial charge on any atom is -0.344 e. The van der Waals surface area contributed by atoms with E-state index in [0.717, 1.165) is 37.1 Å². The molecule has 0 saturated heterocycles. The highest BCUT2D eigenvalue weighted by molar-refractivity contribution is 7.09. The summed E-state index contributed by atoms with van der Waals surface area (Å²) in [4.78, 5) is 16.4. The summed E-state index contributed by atoms with van der Waals surface area (Å²) in [6.07, 6.45) is 7.38. The van der Waals surface area contributed by atoms with Gasteiger partial charge in [-0.25, -0.2) is 4.98 Å².